The van der Waals surface area contributed by atoms with Crippen molar-refractivity contribution in [2.45, 2.75) is 33.3 Å². The molecule has 1 aliphatic heterocycles. The number of carboxylic acid groups (broad SMARTS) is 1. The summed E-state index contributed by atoms with van der Waals surface area (Å²) in [4.78, 5) is 23.7. The van der Waals surface area contributed by atoms with E-state index in [-0.39, 0.29) is 16.9 Å². The highest BCUT2D eigenvalue weighted by atomic mass is 16.5. The highest BCUT2D eigenvalue weighted by molar-refractivity contribution is 6.11. The van der Waals surface area contributed by atoms with Crippen LogP contribution in [0.2, 0.25) is 0 Å². The fraction of sp³-hybridized carbons (Fsp3) is 0.429. The monoisotopic (exact) mass is 248 g/mol. The number of hydrogen-bond acceptors (Lipinski definition) is 3. The van der Waals surface area contributed by atoms with Crippen molar-refractivity contribution in [1.82, 2.24) is 0 Å². The maximum Gasteiger partial charge on any atom is 0.336 e. The van der Waals surface area contributed by atoms with E-state index >= 15 is 0 Å². The van der Waals surface area contributed by atoms with Gasteiger partial charge in [-0.3, -0.25) is 4.79 Å². The predicted molar refractivity (Wildman–Crippen MR) is 66.2 cm³/mol. The average Bonchev–Trinajstić information content (AvgIpc) is 2.25. The van der Waals surface area contributed by atoms with Gasteiger partial charge in [-0.15, -0.1) is 0 Å². The second-order valence-electron chi connectivity index (χ2n) is 5.55. The summed E-state index contributed by atoms with van der Waals surface area (Å²) in [6, 6.07) is 4.65. The summed E-state index contributed by atoms with van der Waals surface area (Å²) >= 11 is 0. The first-order valence-electron chi connectivity index (χ1n) is 5.78. The molecule has 0 aliphatic carbocycles. The normalized spacial score (nSPS) is 19.9. The molecular weight excluding hydrogens is 232 g/mol. The van der Waals surface area contributed by atoms with Crippen molar-refractivity contribution in [2.75, 3.05) is 0 Å². The Morgan fingerprint density at radius 2 is 1.83 bits per heavy atom. The van der Waals surface area contributed by atoms with Gasteiger partial charge in [0.05, 0.1) is 16.5 Å². The van der Waals surface area contributed by atoms with Gasteiger partial charge in [0.1, 0.15) is 11.4 Å². The standard InChI is InChI=1S/C14H16O4/c1-13(2)11(15)10-8(12(16)17)6-5-7-9(10)18-14(13,3)4/h5-7H,1-4H3,(H,16,17). The fourth-order valence-corrected chi connectivity index (χ4v) is 2.02. The Kier molecular flexibility index (Phi) is 2.50. The van der Waals surface area contributed by atoms with E-state index < -0.39 is 17.0 Å². The molecule has 1 N–H and O–H groups in total. The van der Waals surface area contributed by atoms with Crippen LogP contribution in [0.15, 0.2) is 18.2 Å². The molecule has 1 aromatic carbocycles. The van der Waals surface area contributed by atoms with Crippen LogP contribution in [0.1, 0.15) is 48.4 Å². The van der Waals surface area contributed by atoms with Crippen molar-refractivity contribution in [3.8, 4) is 5.75 Å². The van der Waals surface area contributed by atoms with Crippen LogP contribution in [0.3, 0.4) is 0 Å². The van der Waals surface area contributed by atoms with Crippen LogP contribution in [0.4, 0.5) is 0 Å². The maximum atomic E-state index is 12.5. The van der Waals surface area contributed by atoms with Crippen molar-refractivity contribution >= 4 is 11.8 Å². The first-order chi connectivity index (χ1) is 8.18. The Bertz CT molecular complexity index is 541. The second-order valence-corrected chi connectivity index (χ2v) is 5.55. The molecular formula is C14H16O4. The molecule has 0 unspecified atom stereocenters. The molecule has 1 aliphatic rings. The molecule has 18 heavy (non-hydrogen) atoms. The molecule has 96 valence electrons. The summed E-state index contributed by atoms with van der Waals surface area (Å²) in [7, 11) is 0. The molecule has 1 heterocycles. The smallest absolute Gasteiger partial charge is 0.336 e. The lowest BCUT2D eigenvalue weighted by molar-refractivity contribution is -0.0121. The molecule has 4 nitrogen and oxygen atoms in total. The minimum Gasteiger partial charge on any atom is -0.486 e. The lowest BCUT2D eigenvalue weighted by Gasteiger charge is -2.44. The van der Waals surface area contributed by atoms with Gasteiger partial charge in [0.2, 0.25) is 0 Å². The molecule has 0 aromatic heterocycles. The second kappa shape index (κ2) is 3.57. The summed E-state index contributed by atoms with van der Waals surface area (Å²) in [5.74, 6) is -0.949. The summed E-state index contributed by atoms with van der Waals surface area (Å²) < 4.78 is 5.81. The zero-order valence-electron chi connectivity index (χ0n) is 10.9. The van der Waals surface area contributed by atoms with Gasteiger partial charge in [-0.2, -0.15) is 0 Å². The van der Waals surface area contributed by atoms with Crippen LogP contribution >= 0.6 is 0 Å². The van der Waals surface area contributed by atoms with E-state index in [4.69, 9.17) is 9.84 Å². The SMILES string of the molecule is CC1(C)Oc2cccc(C(=O)O)c2C(=O)C1(C)C. The molecule has 0 saturated heterocycles. The van der Waals surface area contributed by atoms with Crippen LogP contribution in [0, 0.1) is 5.41 Å². The number of benzene rings is 1. The Hall–Kier alpha value is -1.84. The van der Waals surface area contributed by atoms with E-state index in [0.717, 1.165) is 0 Å². The maximum absolute atomic E-state index is 12.5. The van der Waals surface area contributed by atoms with Gasteiger partial charge in [0, 0.05) is 0 Å². The van der Waals surface area contributed by atoms with E-state index in [0.29, 0.717) is 5.75 Å². The number of carbonyl (C=O) groups is 2. The van der Waals surface area contributed by atoms with E-state index in [9.17, 15) is 9.59 Å². The molecule has 4 heteroatoms. The topological polar surface area (TPSA) is 63.6 Å². The molecule has 1 aromatic rings. The Balaban J connectivity index is 2.72. The van der Waals surface area contributed by atoms with Gasteiger partial charge >= 0.3 is 5.97 Å². The Morgan fingerprint density at radius 3 is 2.39 bits per heavy atom. The average molecular weight is 248 g/mol. The highest BCUT2D eigenvalue weighted by Gasteiger charge is 2.51. The van der Waals surface area contributed by atoms with Gasteiger partial charge in [-0.05, 0) is 39.8 Å². The number of aromatic carboxylic acids is 1. The minimum absolute atomic E-state index is 0.000995. The first kappa shape index (κ1) is 12.6. The third-order valence-corrected chi connectivity index (χ3v) is 3.92. The van der Waals surface area contributed by atoms with E-state index in [1.54, 1.807) is 26.0 Å². The highest BCUT2D eigenvalue weighted by Crippen LogP contribution is 2.45. The fourth-order valence-electron chi connectivity index (χ4n) is 2.02. The molecule has 0 spiro atoms. The summed E-state index contributed by atoms with van der Waals surface area (Å²) in [5.41, 5.74) is -1.27. The van der Waals surface area contributed by atoms with Gasteiger partial charge in [-0.1, -0.05) is 6.07 Å². The van der Waals surface area contributed by atoms with Crippen molar-refractivity contribution in [1.29, 1.82) is 0 Å². The number of rotatable bonds is 1. The molecule has 2 rings (SSSR count). The van der Waals surface area contributed by atoms with Crippen LogP contribution in [-0.2, 0) is 0 Å². The molecule has 0 radical (unpaired) electrons. The third kappa shape index (κ3) is 1.52. The number of fused-ring (bicyclic) bond motifs is 1. The molecule has 0 fully saturated rings. The van der Waals surface area contributed by atoms with Crippen molar-refractivity contribution in [2.24, 2.45) is 5.41 Å². The third-order valence-electron chi connectivity index (χ3n) is 3.92. The van der Waals surface area contributed by atoms with Crippen LogP contribution in [0.25, 0.3) is 0 Å². The number of hydrogen-bond donors (Lipinski definition) is 1. The number of carbonyl (C=O) groups excluding carboxylic acids is 1. The number of ketones is 1. The Morgan fingerprint density at radius 1 is 1.22 bits per heavy atom. The van der Waals surface area contributed by atoms with Crippen LogP contribution < -0.4 is 4.74 Å². The van der Waals surface area contributed by atoms with Gasteiger partial charge < -0.3 is 9.84 Å². The van der Waals surface area contributed by atoms with E-state index in [1.807, 2.05) is 13.8 Å². The zero-order valence-corrected chi connectivity index (χ0v) is 10.9. The molecule has 0 saturated carbocycles. The summed E-state index contributed by atoms with van der Waals surface area (Å²) in [5, 5.41) is 9.15. The minimum atomic E-state index is -1.11. The largest absolute Gasteiger partial charge is 0.486 e. The van der Waals surface area contributed by atoms with Gasteiger partial charge in [0.15, 0.2) is 5.78 Å². The summed E-state index contributed by atoms with van der Waals surface area (Å²) in [6.07, 6.45) is 0. The van der Waals surface area contributed by atoms with E-state index in [2.05, 4.69) is 0 Å². The van der Waals surface area contributed by atoms with Crippen molar-refractivity contribution in [3.05, 3.63) is 29.3 Å². The lowest BCUT2D eigenvalue weighted by atomic mass is 9.69. The number of Topliss-reactive ketones (excluding diaryl/α,β-unsaturated/α-hetero) is 1. The number of carboxylic acids is 1. The molecule has 0 amide bonds. The van der Waals surface area contributed by atoms with E-state index in [1.165, 1.54) is 6.07 Å². The molecule has 0 atom stereocenters. The van der Waals surface area contributed by atoms with Gasteiger partial charge in [-0.25, -0.2) is 4.79 Å². The van der Waals surface area contributed by atoms with Crippen molar-refractivity contribution in [3.63, 3.8) is 0 Å². The lowest BCUT2D eigenvalue weighted by Crippen LogP contribution is -2.52. The molecule has 0 bridgehead atoms. The van der Waals surface area contributed by atoms with Crippen LogP contribution in [0.5, 0.6) is 5.75 Å². The Labute approximate surface area is 106 Å². The van der Waals surface area contributed by atoms with Crippen LogP contribution in [-0.4, -0.2) is 22.5 Å². The predicted octanol–water partition coefficient (Wildman–Crippen LogP) is 2.76. The first-order valence-corrected chi connectivity index (χ1v) is 5.78. The zero-order chi connectivity index (χ0) is 13.7. The quantitative estimate of drug-likeness (QED) is 0.830. The van der Waals surface area contributed by atoms with Gasteiger partial charge in [0.25, 0.3) is 0 Å². The van der Waals surface area contributed by atoms with Crippen molar-refractivity contribution < 1.29 is 19.4 Å². The number of ether oxygens (including phenoxy) is 1. The summed E-state index contributed by atoms with van der Waals surface area (Å²) in [6.45, 7) is 7.22.